The Labute approximate surface area is 231 Å². The van der Waals surface area contributed by atoms with Crippen molar-refractivity contribution in [3.63, 3.8) is 0 Å². The van der Waals surface area contributed by atoms with Gasteiger partial charge in [-0.3, -0.25) is 14.6 Å². The number of carbonyl (C=O) groups excluding carboxylic acids is 2. The van der Waals surface area contributed by atoms with Crippen molar-refractivity contribution in [2.24, 2.45) is 4.99 Å². The lowest BCUT2D eigenvalue weighted by molar-refractivity contribution is -0.112. The first-order valence-electron chi connectivity index (χ1n) is 13.0. The maximum atomic E-state index is 13.4. The lowest BCUT2D eigenvalue weighted by Crippen LogP contribution is -2.24. The number of ketones is 1. The van der Waals surface area contributed by atoms with E-state index in [0.29, 0.717) is 29.9 Å². The molecule has 6 nitrogen and oxygen atoms in total. The fourth-order valence-corrected chi connectivity index (χ4v) is 4.71. The van der Waals surface area contributed by atoms with Gasteiger partial charge in [0.25, 0.3) is 5.91 Å². The zero-order valence-corrected chi connectivity index (χ0v) is 22.2. The number of hydrogen-bond donors (Lipinski definition) is 2. The van der Waals surface area contributed by atoms with Crippen LogP contribution in [0.3, 0.4) is 0 Å². The van der Waals surface area contributed by atoms with E-state index in [9.17, 15) is 18.4 Å². The first-order chi connectivity index (χ1) is 19.3. The van der Waals surface area contributed by atoms with Gasteiger partial charge >= 0.3 is 0 Å². The molecule has 202 valence electrons. The molecule has 1 aliphatic carbocycles. The van der Waals surface area contributed by atoms with Crippen LogP contribution in [0.5, 0.6) is 0 Å². The predicted octanol–water partition coefficient (Wildman–Crippen LogP) is 6.06. The molecule has 0 fully saturated rings. The second-order valence-corrected chi connectivity index (χ2v) is 9.83. The first-order valence-corrected chi connectivity index (χ1v) is 13.0. The number of halogens is 2. The van der Waals surface area contributed by atoms with E-state index in [0.717, 1.165) is 52.2 Å². The number of aromatic nitrogens is 1. The van der Waals surface area contributed by atoms with E-state index in [1.165, 1.54) is 11.6 Å². The van der Waals surface area contributed by atoms with E-state index < -0.39 is 11.6 Å². The summed E-state index contributed by atoms with van der Waals surface area (Å²) in [7, 11) is 0. The van der Waals surface area contributed by atoms with Crippen molar-refractivity contribution >= 4 is 34.9 Å². The zero-order valence-electron chi connectivity index (χ0n) is 22.2. The molecule has 2 aromatic carbocycles. The van der Waals surface area contributed by atoms with E-state index in [1.54, 1.807) is 18.3 Å². The van der Waals surface area contributed by atoms with Gasteiger partial charge in [-0.25, -0.2) is 13.8 Å². The molecule has 2 aliphatic rings. The minimum absolute atomic E-state index is 0.0479. The number of nitrogens with zero attached hydrogens (tertiary/aromatic N) is 2. The molecule has 0 saturated heterocycles. The summed E-state index contributed by atoms with van der Waals surface area (Å²) in [4.78, 5) is 34.3. The highest BCUT2D eigenvalue weighted by Gasteiger charge is 2.25. The Balaban J connectivity index is 1.20. The van der Waals surface area contributed by atoms with Gasteiger partial charge in [0.15, 0.2) is 17.4 Å². The number of fused-ring (bicyclic) bond motifs is 1. The number of pyridine rings is 1. The van der Waals surface area contributed by atoms with Gasteiger partial charge in [0.05, 0.1) is 5.56 Å². The van der Waals surface area contributed by atoms with Crippen LogP contribution in [0.1, 0.15) is 52.9 Å². The molecule has 1 amide bonds. The van der Waals surface area contributed by atoms with E-state index >= 15 is 0 Å². The summed E-state index contributed by atoms with van der Waals surface area (Å²) in [5.41, 5.74) is 7.59. The number of amides is 1. The number of benzene rings is 2. The minimum Gasteiger partial charge on any atom is -0.366 e. The molecule has 0 spiro atoms. The maximum Gasteiger partial charge on any atom is 0.255 e. The van der Waals surface area contributed by atoms with Crippen LogP contribution in [0.25, 0.3) is 11.6 Å². The first kappa shape index (κ1) is 26.9. The standard InChI is InChI=1S/C32H28F2N4O2/c1-19-13-24(38-20(19)2)17-27-25-9-7-21(14-23(25)16-30(27)39)5-3-11-35-31-26(6-4-12-36-31)32(40)37-18-22-8-10-28(33)29(34)15-22/h3-10,12,14-15,17H,11,13,16,18H2,1-2H3,(H,35,36)(H,37,40)/b5-3+,27-17-. The third-order valence-electron chi connectivity index (χ3n) is 6.94. The van der Waals surface area contributed by atoms with Crippen molar-refractivity contribution < 1.29 is 18.4 Å². The van der Waals surface area contributed by atoms with Crippen LogP contribution in [-0.2, 0) is 17.8 Å². The van der Waals surface area contributed by atoms with Crippen molar-refractivity contribution in [3.8, 4) is 0 Å². The second kappa shape index (κ2) is 11.6. The number of rotatable bonds is 8. The lowest BCUT2D eigenvalue weighted by atomic mass is 10.0. The third kappa shape index (κ3) is 5.96. The van der Waals surface area contributed by atoms with Crippen LogP contribution in [-0.4, -0.2) is 28.9 Å². The van der Waals surface area contributed by atoms with Gasteiger partial charge in [-0.2, -0.15) is 0 Å². The Morgan fingerprint density at radius 2 is 1.90 bits per heavy atom. The number of nitrogens with one attached hydrogen (secondary N) is 2. The number of carbonyl (C=O) groups is 2. The second-order valence-electron chi connectivity index (χ2n) is 9.83. The molecule has 0 unspecified atom stereocenters. The quantitative estimate of drug-likeness (QED) is 0.342. The molecule has 0 atom stereocenters. The van der Waals surface area contributed by atoms with Gasteiger partial charge in [0.1, 0.15) is 5.82 Å². The summed E-state index contributed by atoms with van der Waals surface area (Å²) < 4.78 is 26.6. The fraction of sp³-hybridized carbons (Fsp3) is 0.188. The summed E-state index contributed by atoms with van der Waals surface area (Å²) in [6.07, 6.45) is 8.51. The fourth-order valence-electron chi connectivity index (χ4n) is 4.71. The molecule has 2 N–H and O–H groups in total. The average molecular weight is 539 g/mol. The summed E-state index contributed by atoms with van der Waals surface area (Å²) >= 11 is 0. The van der Waals surface area contributed by atoms with E-state index in [4.69, 9.17) is 0 Å². The van der Waals surface area contributed by atoms with Crippen molar-refractivity contribution in [3.05, 3.63) is 118 Å². The molecule has 5 rings (SSSR count). The normalized spacial score (nSPS) is 15.7. The van der Waals surface area contributed by atoms with Crippen LogP contribution in [0, 0.1) is 11.6 Å². The highest BCUT2D eigenvalue weighted by Crippen LogP contribution is 2.32. The number of allylic oxidation sites excluding steroid dienone is 4. The summed E-state index contributed by atoms with van der Waals surface area (Å²) in [5, 5.41) is 5.85. The molecule has 0 saturated carbocycles. The number of anilines is 1. The third-order valence-corrected chi connectivity index (χ3v) is 6.94. The van der Waals surface area contributed by atoms with Crippen molar-refractivity contribution in [2.75, 3.05) is 11.9 Å². The molecule has 3 aromatic rings. The Morgan fingerprint density at radius 1 is 1.05 bits per heavy atom. The smallest absolute Gasteiger partial charge is 0.255 e. The maximum absolute atomic E-state index is 13.4. The Hall–Kier alpha value is -4.72. The van der Waals surface area contributed by atoms with E-state index in [2.05, 4.69) is 27.5 Å². The highest BCUT2D eigenvalue weighted by atomic mass is 19.2. The summed E-state index contributed by atoms with van der Waals surface area (Å²) in [6, 6.07) is 12.8. The SMILES string of the molecule is CC1=C(C)N=C(/C=C2\C(=O)Cc3cc(/C=C/CNc4ncccc4C(=O)NCc4ccc(F)c(F)c4)ccc32)C1. The highest BCUT2D eigenvalue weighted by molar-refractivity contribution is 6.29. The average Bonchev–Trinajstić information content (AvgIpc) is 3.43. The molecule has 0 bridgehead atoms. The molecule has 1 aromatic heterocycles. The van der Waals surface area contributed by atoms with Gasteiger partial charge in [-0.15, -0.1) is 0 Å². The van der Waals surface area contributed by atoms with E-state index in [1.807, 2.05) is 43.4 Å². The molecule has 40 heavy (non-hydrogen) atoms. The predicted molar refractivity (Wildman–Crippen MR) is 153 cm³/mol. The van der Waals surface area contributed by atoms with Gasteiger partial charge < -0.3 is 10.6 Å². The molecular weight excluding hydrogens is 510 g/mol. The topological polar surface area (TPSA) is 83.5 Å². The van der Waals surface area contributed by atoms with Crippen LogP contribution < -0.4 is 10.6 Å². The Kier molecular flexibility index (Phi) is 7.77. The van der Waals surface area contributed by atoms with Gasteiger partial charge in [-0.1, -0.05) is 36.4 Å². The van der Waals surface area contributed by atoms with Gasteiger partial charge in [-0.05, 0) is 72.0 Å². The number of aliphatic imine (C=N–C) groups is 1. The molecule has 1 aliphatic heterocycles. The van der Waals surface area contributed by atoms with Crippen molar-refractivity contribution in [2.45, 2.75) is 33.2 Å². The molecular formula is C32H28F2N4O2. The number of hydrogen-bond acceptors (Lipinski definition) is 5. The lowest BCUT2D eigenvalue weighted by Gasteiger charge is -2.10. The summed E-state index contributed by atoms with van der Waals surface area (Å²) in [6.45, 7) is 4.51. The van der Waals surface area contributed by atoms with Crippen LogP contribution in [0.4, 0.5) is 14.6 Å². The molecule has 8 heteroatoms. The molecule has 2 heterocycles. The largest absolute Gasteiger partial charge is 0.366 e. The minimum atomic E-state index is -0.962. The van der Waals surface area contributed by atoms with Gasteiger partial charge in [0.2, 0.25) is 0 Å². The van der Waals surface area contributed by atoms with Gasteiger partial charge in [0, 0.05) is 49.1 Å². The van der Waals surface area contributed by atoms with Crippen LogP contribution >= 0.6 is 0 Å². The monoisotopic (exact) mass is 538 g/mol. The molecule has 0 radical (unpaired) electrons. The van der Waals surface area contributed by atoms with Crippen LogP contribution in [0.15, 0.2) is 83.1 Å². The zero-order chi connectivity index (χ0) is 28.2. The van der Waals surface area contributed by atoms with Crippen molar-refractivity contribution in [1.29, 1.82) is 0 Å². The number of Topliss-reactive ketones (excluding diaryl/α,β-unsaturated/α-hetero) is 1. The van der Waals surface area contributed by atoms with Crippen molar-refractivity contribution in [1.82, 2.24) is 10.3 Å². The van der Waals surface area contributed by atoms with E-state index in [-0.39, 0.29) is 18.2 Å². The summed E-state index contributed by atoms with van der Waals surface area (Å²) in [5.74, 6) is -1.78. The Bertz CT molecular complexity index is 1640. The van der Waals surface area contributed by atoms with Crippen LogP contribution in [0.2, 0.25) is 0 Å². The Morgan fingerprint density at radius 3 is 2.67 bits per heavy atom.